The lowest BCUT2D eigenvalue weighted by Gasteiger charge is -2.09. The van der Waals surface area contributed by atoms with E-state index in [4.69, 9.17) is 15.0 Å². The van der Waals surface area contributed by atoms with E-state index in [9.17, 15) is 0 Å². The molecule has 4 heterocycles. The van der Waals surface area contributed by atoms with E-state index in [0.29, 0.717) is 17.5 Å². The van der Waals surface area contributed by atoms with Crippen LogP contribution >= 0.6 is 34.0 Å². The Kier molecular flexibility index (Phi) is 5.49. The van der Waals surface area contributed by atoms with E-state index in [1.807, 2.05) is 34.0 Å². The van der Waals surface area contributed by atoms with E-state index in [1.54, 1.807) is 0 Å². The van der Waals surface area contributed by atoms with Crippen molar-refractivity contribution in [1.82, 2.24) is 15.0 Å². The molecule has 10 rings (SSSR count). The first-order valence-electron chi connectivity index (χ1n) is 14.8. The largest absolute Gasteiger partial charge is 0.208 e. The fraction of sp³-hybridized carbons (Fsp3) is 0. The fourth-order valence-corrected chi connectivity index (χ4v) is 9.68. The highest BCUT2D eigenvalue weighted by Crippen LogP contribution is 2.39. The summed E-state index contributed by atoms with van der Waals surface area (Å²) in [4.78, 5) is 15.4. The summed E-state index contributed by atoms with van der Waals surface area (Å²) in [6.45, 7) is 0. The number of hydrogen-bond donors (Lipinski definition) is 0. The molecule has 0 aliphatic heterocycles. The Bertz CT molecular complexity index is 2650. The van der Waals surface area contributed by atoms with Crippen LogP contribution in [-0.2, 0) is 0 Å². The maximum atomic E-state index is 5.13. The lowest BCUT2D eigenvalue weighted by molar-refractivity contribution is 1.08. The number of fused-ring (bicyclic) bond motifs is 9. The zero-order chi connectivity index (χ0) is 29.5. The highest BCUT2D eigenvalue weighted by Gasteiger charge is 2.16. The summed E-state index contributed by atoms with van der Waals surface area (Å²) in [5.41, 5.74) is 2.96. The third-order valence-electron chi connectivity index (χ3n) is 8.54. The van der Waals surface area contributed by atoms with Crippen LogP contribution in [-0.4, -0.2) is 15.0 Å². The molecule has 0 aliphatic carbocycles. The molecule has 0 unspecified atom stereocenters. The molecule has 0 radical (unpaired) electrons. The van der Waals surface area contributed by atoms with Gasteiger partial charge in [0, 0.05) is 77.2 Å². The quantitative estimate of drug-likeness (QED) is 0.196. The van der Waals surface area contributed by atoms with Crippen molar-refractivity contribution in [2.45, 2.75) is 0 Å². The number of rotatable bonds is 3. The van der Waals surface area contributed by atoms with Crippen LogP contribution in [0.1, 0.15) is 0 Å². The molecule has 10 aromatic rings. The minimum Gasteiger partial charge on any atom is -0.208 e. The molecule has 45 heavy (non-hydrogen) atoms. The summed E-state index contributed by atoms with van der Waals surface area (Å²) < 4.78 is 7.62. The first-order chi connectivity index (χ1) is 22.2. The Morgan fingerprint density at radius 1 is 0.289 bits per heavy atom. The number of hydrogen-bond acceptors (Lipinski definition) is 6. The molecule has 6 heteroatoms. The molecular weight excluding hydrogens is 607 g/mol. The lowest BCUT2D eigenvalue weighted by Crippen LogP contribution is -2.00. The van der Waals surface area contributed by atoms with Crippen molar-refractivity contribution in [2.75, 3.05) is 0 Å². The Hall–Kier alpha value is -5.01. The topological polar surface area (TPSA) is 38.7 Å². The average molecular weight is 628 g/mol. The molecule has 210 valence electrons. The molecule has 6 aromatic carbocycles. The van der Waals surface area contributed by atoms with Crippen LogP contribution in [0.2, 0.25) is 0 Å². The smallest absolute Gasteiger partial charge is 0.164 e. The van der Waals surface area contributed by atoms with Crippen LogP contribution < -0.4 is 0 Å². The molecular formula is C39H21N3S3. The minimum atomic E-state index is 0.680. The highest BCUT2D eigenvalue weighted by atomic mass is 32.1. The monoisotopic (exact) mass is 627 g/mol. The molecule has 0 bridgehead atoms. The second-order valence-electron chi connectivity index (χ2n) is 11.2. The summed E-state index contributed by atoms with van der Waals surface area (Å²) in [7, 11) is 0. The minimum absolute atomic E-state index is 0.680. The molecule has 3 nitrogen and oxygen atoms in total. The summed E-state index contributed by atoms with van der Waals surface area (Å²) in [6.07, 6.45) is 0. The fourth-order valence-electron chi connectivity index (χ4n) is 6.36. The molecule has 4 aromatic heterocycles. The van der Waals surface area contributed by atoms with Crippen molar-refractivity contribution in [3.8, 4) is 34.2 Å². The molecule has 0 saturated carbocycles. The molecule has 0 atom stereocenters. The van der Waals surface area contributed by atoms with Gasteiger partial charge in [-0.3, -0.25) is 0 Å². The number of benzene rings is 6. The van der Waals surface area contributed by atoms with Crippen LogP contribution in [0.5, 0.6) is 0 Å². The normalized spacial score (nSPS) is 12.0. The maximum Gasteiger partial charge on any atom is 0.164 e. The third kappa shape index (κ3) is 4.03. The van der Waals surface area contributed by atoms with Crippen LogP contribution in [0.25, 0.3) is 94.7 Å². The Morgan fingerprint density at radius 3 is 1.16 bits per heavy atom. The zero-order valence-corrected chi connectivity index (χ0v) is 26.1. The summed E-state index contributed by atoms with van der Waals surface area (Å²) >= 11 is 5.45. The first-order valence-corrected chi connectivity index (χ1v) is 17.2. The number of thiophene rings is 3. The van der Waals surface area contributed by atoms with Gasteiger partial charge < -0.3 is 0 Å². The van der Waals surface area contributed by atoms with Gasteiger partial charge in [-0.05, 0) is 60.7 Å². The van der Waals surface area contributed by atoms with Gasteiger partial charge in [-0.15, -0.1) is 34.0 Å². The summed E-state index contributed by atoms with van der Waals surface area (Å²) in [6, 6.07) is 45.5. The van der Waals surface area contributed by atoms with Gasteiger partial charge in [0.25, 0.3) is 0 Å². The van der Waals surface area contributed by atoms with Crippen molar-refractivity contribution in [1.29, 1.82) is 0 Å². The third-order valence-corrected chi connectivity index (χ3v) is 12.0. The van der Waals surface area contributed by atoms with Gasteiger partial charge in [-0.1, -0.05) is 66.7 Å². The van der Waals surface area contributed by atoms with Crippen LogP contribution in [0.4, 0.5) is 0 Å². The van der Waals surface area contributed by atoms with Gasteiger partial charge in [0.05, 0.1) is 0 Å². The maximum absolute atomic E-state index is 5.13. The van der Waals surface area contributed by atoms with Gasteiger partial charge in [0.15, 0.2) is 17.5 Å². The van der Waals surface area contributed by atoms with Crippen molar-refractivity contribution >= 4 is 94.5 Å². The molecule has 0 fully saturated rings. The van der Waals surface area contributed by atoms with Gasteiger partial charge in [0.1, 0.15) is 0 Å². The predicted octanol–water partition coefficient (Wildman–Crippen LogP) is 12.0. The zero-order valence-electron chi connectivity index (χ0n) is 23.7. The van der Waals surface area contributed by atoms with Crippen molar-refractivity contribution in [3.63, 3.8) is 0 Å². The van der Waals surface area contributed by atoms with E-state index in [1.165, 1.54) is 60.5 Å². The molecule has 0 N–H and O–H groups in total. The highest BCUT2D eigenvalue weighted by molar-refractivity contribution is 7.26. The number of aromatic nitrogens is 3. The number of nitrogens with zero attached hydrogens (tertiary/aromatic N) is 3. The SMILES string of the molecule is c1ccc2c(c1)sc1cc(-c3nc(-c4ccc5sc6ccccc6c5c4)nc(-c4ccc5sc6ccccc6c5c4)n3)ccc12. The van der Waals surface area contributed by atoms with E-state index in [2.05, 4.69) is 127 Å². The first kappa shape index (κ1) is 25.3. The van der Waals surface area contributed by atoms with E-state index < -0.39 is 0 Å². The predicted molar refractivity (Wildman–Crippen MR) is 195 cm³/mol. The van der Waals surface area contributed by atoms with Crippen LogP contribution in [0.15, 0.2) is 127 Å². The molecule has 0 amide bonds. The van der Waals surface area contributed by atoms with Gasteiger partial charge in [-0.25, -0.2) is 15.0 Å². The Morgan fingerprint density at radius 2 is 0.644 bits per heavy atom. The molecule has 0 aliphatic rings. The van der Waals surface area contributed by atoms with E-state index in [0.717, 1.165) is 16.7 Å². The van der Waals surface area contributed by atoms with Crippen LogP contribution in [0, 0.1) is 0 Å². The van der Waals surface area contributed by atoms with Gasteiger partial charge in [0.2, 0.25) is 0 Å². The Balaban J connectivity index is 1.20. The second kappa shape index (κ2) is 9.74. The van der Waals surface area contributed by atoms with E-state index in [-0.39, 0.29) is 0 Å². The Labute approximate surface area is 269 Å². The summed E-state index contributed by atoms with van der Waals surface area (Å²) in [5, 5.41) is 7.54. The van der Waals surface area contributed by atoms with Gasteiger partial charge in [-0.2, -0.15) is 0 Å². The lowest BCUT2D eigenvalue weighted by atomic mass is 10.1. The van der Waals surface area contributed by atoms with Crippen molar-refractivity contribution < 1.29 is 0 Å². The van der Waals surface area contributed by atoms with Crippen LogP contribution in [0.3, 0.4) is 0 Å². The van der Waals surface area contributed by atoms with E-state index >= 15 is 0 Å². The molecule has 0 saturated heterocycles. The van der Waals surface area contributed by atoms with Gasteiger partial charge >= 0.3 is 0 Å². The molecule has 0 spiro atoms. The summed E-state index contributed by atoms with van der Waals surface area (Å²) in [5.74, 6) is 2.04. The van der Waals surface area contributed by atoms with Crippen molar-refractivity contribution in [3.05, 3.63) is 127 Å². The standard InChI is InChI=1S/C39H21N3S3/c1-4-10-31-25(7-1)28-16-13-24(21-36(28)45-31)39-41-37(22-14-17-34-29(19-22)26-8-2-5-11-32(26)43-34)40-38(42-39)23-15-18-35-30(20-23)27-9-3-6-12-33(27)44-35/h1-21H. The second-order valence-corrected chi connectivity index (χ2v) is 14.5. The average Bonchev–Trinajstić information content (AvgIpc) is 3.78. The van der Waals surface area contributed by atoms with Crippen molar-refractivity contribution in [2.24, 2.45) is 0 Å².